The van der Waals surface area contributed by atoms with Gasteiger partial charge in [-0.3, -0.25) is 0 Å². The van der Waals surface area contributed by atoms with Crippen molar-refractivity contribution < 1.29 is 14.9 Å². The van der Waals surface area contributed by atoms with Gasteiger partial charge in [0.15, 0.2) is 0 Å². The topological polar surface area (TPSA) is 61.7 Å². The summed E-state index contributed by atoms with van der Waals surface area (Å²) in [5, 5.41) is 21.5. The molecule has 21 heavy (non-hydrogen) atoms. The van der Waals surface area contributed by atoms with Crippen molar-refractivity contribution in [1.29, 1.82) is 0 Å². The van der Waals surface area contributed by atoms with E-state index in [2.05, 4.69) is 19.2 Å². The zero-order valence-corrected chi connectivity index (χ0v) is 13.4. The molecule has 0 bridgehead atoms. The molecule has 0 aliphatic carbocycles. The summed E-state index contributed by atoms with van der Waals surface area (Å²) < 4.78 is 5.40. The van der Waals surface area contributed by atoms with Gasteiger partial charge in [0.05, 0.1) is 25.9 Å². The van der Waals surface area contributed by atoms with Gasteiger partial charge in [0.2, 0.25) is 0 Å². The van der Waals surface area contributed by atoms with E-state index in [0.717, 1.165) is 25.3 Å². The molecule has 0 amide bonds. The predicted molar refractivity (Wildman–Crippen MR) is 90.7 cm³/mol. The van der Waals surface area contributed by atoms with E-state index < -0.39 is 0 Å². The summed E-state index contributed by atoms with van der Waals surface area (Å²) in [6.07, 6.45) is 7.99. The number of aliphatic hydroxyl groups is 2. The summed E-state index contributed by atoms with van der Waals surface area (Å²) in [4.78, 5) is 0. The molecule has 0 heterocycles. The maximum atomic E-state index is 9.84. The largest absolute Gasteiger partial charge is 0.395 e. The molecule has 0 spiro atoms. The lowest BCUT2D eigenvalue weighted by atomic mass is 9.92. The van der Waals surface area contributed by atoms with Crippen LogP contribution in [-0.2, 0) is 4.74 Å². The van der Waals surface area contributed by atoms with Crippen LogP contribution in [0.2, 0.25) is 0 Å². The maximum Gasteiger partial charge on any atom is 0.0773 e. The molecular weight excluding hydrogens is 266 g/mol. The summed E-state index contributed by atoms with van der Waals surface area (Å²) in [5.74, 6) is 0.834. The van der Waals surface area contributed by atoms with E-state index >= 15 is 0 Å². The van der Waals surface area contributed by atoms with Crippen LogP contribution in [0, 0.1) is 5.92 Å². The number of aliphatic hydroxyl groups excluding tert-OH is 2. The highest BCUT2D eigenvalue weighted by molar-refractivity contribution is 4.61. The van der Waals surface area contributed by atoms with Crippen molar-refractivity contribution in [2.45, 2.75) is 72.3 Å². The highest BCUT2D eigenvalue weighted by atomic mass is 16.5. The van der Waals surface area contributed by atoms with Crippen LogP contribution in [0.25, 0.3) is 0 Å². The first-order valence-corrected chi connectivity index (χ1v) is 8.31. The Balaban J connectivity index is 0. The van der Waals surface area contributed by atoms with Crippen molar-refractivity contribution in [3.8, 4) is 0 Å². The van der Waals surface area contributed by atoms with Crippen LogP contribution in [0.1, 0.15) is 66.2 Å². The number of hydrogen-bond donors (Lipinski definition) is 3. The summed E-state index contributed by atoms with van der Waals surface area (Å²) >= 11 is 0. The lowest BCUT2D eigenvalue weighted by Gasteiger charge is -2.16. The molecule has 0 rings (SSSR count). The van der Waals surface area contributed by atoms with Gasteiger partial charge in [-0.05, 0) is 12.3 Å². The molecule has 1 atom stereocenters. The van der Waals surface area contributed by atoms with Crippen LogP contribution in [0.15, 0.2) is 0 Å². The third-order valence-corrected chi connectivity index (χ3v) is 3.57. The second kappa shape index (κ2) is 17.9. The second-order valence-electron chi connectivity index (χ2n) is 5.58. The van der Waals surface area contributed by atoms with Crippen molar-refractivity contribution in [2.75, 3.05) is 32.9 Å². The summed E-state index contributed by atoms with van der Waals surface area (Å²) in [5.41, 5.74) is 0. The Hall–Kier alpha value is -0.160. The number of hydrogen-bond acceptors (Lipinski definition) is 4. The SMILES string of the molecule is C.CCCC(CCC)CCCC(O)COCCNCCO. The molecule has 0 fully saturated rings. The van der Waals surface area contributed by atoms with Crippen molar-refractivity contribution in [3.63, 3.8) is 0 Å². The maximum absolute atomic E-state index is 9.84. The molecule has 4 heteroatoms. The monoisotopic (exact) mass is 305 g/mol. The van der Waals surface area contributed by atoms with E-state index in [0.29, 0.717) is 19.8 Å². The fourth-order valence-electron chi connectivity index (χ4n) is 2.54. The Labute approximate surface area is 132 Å². The fraction of sp³-hybridized carbons (Fsp3) is 1.00. The van der Waals surface area contributed by atoms with Crippen molar-refractivity contribution in [3.05, 3.63) is 0 Å². The average molecular weight is 306 g/mol. The number of rotatable bonds is 15. The molecule has 0 saturated heterocycles. The van der Waals surface area contributed by atoms with Gasteiger partial charge in [0.1, 0.15) is 0 Å². The first-order chi connectivity index (χ1) is 9.74. The van der Waals surface area contributed by atoms with E-state index in [1.165, 1.54) is 32.1 Å². The highest BCUT2D eigenvalue weighted by Gasteiger charge is 2.09. The minimum Gasteiger partial charge on any atom is -0.395 e. The Kier molecular flexibility index (Phi) is 19.7. The summed E-state index contributed by atoms with van der Waals surface area (Å²) in [6, 6.07) is 0. The van der Waals surface area contributed by atoms with Crippen molar-refractivity contribution in [2.24, 2.45) is 5.92 Å². The van der Waals surface area contributed by atoms with Gasteiger partial charge in [0, 0.05) is 13.1 Å². The minimum absolute atomic E-state index is 0. The molecule has 0 aromatic carbocycles. The van der Waals surface area contributed by atoms with Crippen LogP contribution >= 0.6 is 0 Å². The van der Waals surface area contributed by atoms with Gasteiger partial charge < -0.3 is 20.3 Å². The zero-order valence-electron chi connectivity index (χ0n) is 13.4. The van der Waals surface area contributed by atoms with Gasteiger partial charge >= 0.3 is 0 Å². The molecule has 0 aliphatic rings. The van der Waals surface area contributed by atoms with E-state index in [1.54, 1.807) is 0 Å². The van der Waals surface area contributed by atoms with E-state index in [-0.39, 0.29) is 20.1 Å². The molecule has 1 unspecified atom stereocenters. The summed E-state index contributed by atoms with van der Waals surface area (Å²) in [6.45, 7) is 6.98. The third kappa shape index (κ3) is 16.0. The van der Waals surface area contributed by atoms with Crippen LogP contribution in [0.3, 0.4) is 0 Å². The molecule has 0 aromatic heterocycles. The minimum atomic E-state index is -0.336. The van der Waals surface area contributed by atoms with E-state index in [4.69, 9.17) is 9.84 Å². The number of nitrogens with one attached hydrogen (secondary N) is 1. The highest BCUT2D eigenvalue weighted by Crippen LogP contribution is 2.20. The molecule has 0 saturated carbocycles. The molecule has 0 radical (unpaired) electrons. The smallest absolute Gasteiger partial charge is 0.0773 e. The molecule has 3 N–H and O–H groups in total. The normalized spacial score (nSPS) is 12.4. The Bertz CT molecular complexity index is 185. The van der Waals surface area contributed by atoms with Crippen LogP contribution in [-0.4, -0.2) is 49.2 Å². The van der Waals surface area contributed by atoms with E-state index in [9.17, 15) is 5.11 Å². The van der Waals surface area contributed by atoms with Gasteiger partial charge in [-0.1, -0.05) is 59.8 Å². The lowest BCUT2D eigenvalue weighted by molar-refractivity contribution is 0.0317. The second-order valence-corrected chi connectivity index (χ2v) is 5.58. The molecule has 130 valence electrons. The van der Waals surface area contributed by atoms with Gasteiger partial charge in [-0.15, -0.1) is 0 Å². The first kappa shape index (κ1) is 23.1. The standard InChI is InChI=1S/C16H35NO3.CH4/c1-3-6-15(7-4-2)8-5-9-16(19)14-20-13-11-17-10-12-18;/h15-19H,3-14H2,1-2H3;1H4. The van der Waals surface area contributed by atoms with E-state index in [1.807, 2.05) is 0 Å². The quantitative estimate of drug-likeness (QED) is 0.407. The van der Waals surface area contributed by atoms with Crippen molar-refractivity contribution in [1.82, 2.24) is 5.32 Å². The average Bonchev–Trinajstić information content (AvgIpc) is 2.43. The molecule has 0 aromatic rings. The molecular formula is C17H39NO3. The Morgan fingerprint density at radius 1 is 1.00 bits per heavy atom. The van der Waals surface area contributed by atoms with Crippen LogP contribution < -0.4 is 5.32 Å². The van der Waals surface area contributed by atoms with Crippen LogP contribution in [0.5, 0.6) is 0 Å². The Morgan fingerprint density at radius 2 is 1.67 bits per heavy atom. The third-order valence-electron chi connectivity index (χ3n) is 3.57. The molecule has 0 aliphatic heterocycles. The number of ether oxygens (including phenoxy) is 1. The first-order valence-electron chi connectivity index (χ1n) is 8.31. The van der Waals surface area contributed by atoms with Gasteiger partial charge in [0.25, 0.3) is 0 Å². The Morgan fingerprint density at radius 3 is 2.24 bits per heavy atom. The predicted octanol–water partition coefficient (Wildman–Crippen LogP) is 2.97. The van der Waals surface area contributed by atoms with Gasteiger partial charge in [-0.25, -0.2) is 0 Å². The lowest BCUT2D eigenvalue weighted by Crippen LogP contribution is -2.25. The van der Waals surface area contributed by atoms with Crippen LogP contribution in [0.4, 0.5) is 0 Å². The summed E-state index contributed by atoms with van der Waals surface area (Å²) in [7, 11) is 0. The molecule has 4 nitrogen and oxygen atoms in total. The van der Waals surface area contributed by atoms with Crippen molar-refractivity contribution >= 4 is 0 Å². The van der Waals surface area contributed by atoms with Gasteiger partial charge in [-0.2, -0.15) is 0 Å². The fourth-order valence-corrected chi connectivity index (χ4v) is 2.54. The zero-order chi connectivity index (χ0) is 15.1.